The number of nitrogens with two attached hydrogens (primary N) is 1. The third-order valence-electron chi connectivity index (χ3n) is 2.75. The van der Waals surface area contributed by atoms with E-state index in [0.717, 1.165) is 13.0 Å². The Bertz CT molecular complexity index is 227. The van der Waals surface area contributed by atoms with Gasteiger partial charge in [0, 0.05) is 6.54 Å². The van der Waals surface area contributed by atoms with Crippen molar-refractivity contribution >= 4 is 11.6 Å². The molecule has 4 nitrogen and oxygen atoms in total. The molecule has 3 N–H and O–H groups in total. The Hall–Kier alpha value is -1.06. The van der Waals surface area contributed by atoms with Gasteiger partial charge in [-0.3, -0.25) is 4.79 Å². The van der Waals surface area contributed by atoms with Crippen molar-refractivity contribution in [1.29, 1.82) is 0 Å². The molecule has 0 atom stereocenters. The molecule has 0 aromatic carbocycles. The largest absolute Gasteiger partial charge is 0.365 e. The fourth-order valence-corrected chi connectivity index (χ4v) is 1.57. The van der Waals surface area contributed by atoms with Gasteiger partial charge in [-0.25, -0.2) is 0 Å². The molecule has 0 unspecified atom stereocenters. The third kappa shape index (κ3) is 11.2. The van der Waals surface area contributed by atoms with Crippen LogP contribution in [0.2, 0.25) is 0 Å². The summed E-state index contributed by atoms with van der Waals surface area (Å²) >= 11 is 0. The SMILES string of the molecule is CCCCCCCCCCN/N=C(/C)C(N)=O. The molecule has 0 aromatic rings. The predicted octanol–water partition coefficient (Wildman–Crippen LogP) is 2.58. The lowest BCUT2D eigenvalue weighted by Crippen LogP contribution is -2.23. The Balaban J connectivity index is 3.19. The fraction of sp³-hybridized carbons (Fsp3) is 0.846. The first kappa shape index (κ1) is 15.9. The fourth-order valence-electron chi connectivity index (χ4n) is 1.57. The highest BCUT2D eigenvalue weighted by Gasteiger charge is 1.97. The van der Waals surface area contributed by atoms with Gasteiger partial charge < -0.3 is 11.2 Å². The van der Waals surface area contributed by atoms with Crippen LogP contribution in [0.25, 0.3) is 0 Å². The van der Waals surface area contributed by atoms with Crippen molar-refractivity contribution in [2.24, 2.45) is 10.8 Å². The van der Waals surface area contributed by atoms with Crippen molar-refractivity contribution in [2.45, 2.75) is 65.2 Å². The van der Waals surface area contributed by atoms with Gasteiger partial charge in [0.15, 0.2) is 0 Å². The molecule has 0 saturated carbocycles. The number of hydrogen-bond donors (Lipinski definition) is 2. The maximum absolute atomic E-state index is 10.6. The summed E-state index contributed by atoms with van der Waals surface area (Å²) in [6, 6.07) is 0. The first-order chi connectivity index (χ1) is 8.18. The second kappa shape index (κ2) is 11.4. The zero-order valence-corrected chi connectivity index (χ0v) is 11.3. The van der Waals surface area contributed by atoms with Crippen LogP contribution in [0, 0.1) is 0 Å². The zero-order chi connectivity index (χ0) is 12.9. The molecule has 4 heteroatoms. The average molecular weight is 241 g/mol. The summed E-state index contributed by atoms with van der Waals surface area (Å²) in [5.41, 5.74) is 8.25. The smallest absolute Gasteiger partial charge is 0.264 e. The molecule has 1 amide bonds. The highest BCUT2D eigenvalue weighted by atomic mass is 16.1. The minimum absolute atomic E-state index is 0.338. The van der Waals surface area contributed by atoms with Crippen LogP contribution >= 0.6 is 0 Å². The molecule has 0 spiro atoms. The number of primary amides is 1. The van der Waals surface area contributed by atoms with E-state index in [1.807, 2.05) is 0 Å². The number of rotatable bonds is 11. The molecular formula is C13H27N3O. The highest BCUT2D eigenvalue weighted by molar-refractivity contribution is 6.37. The van der Waals surface area contributed by atoms with E-state index in [2.05, 4.69) is 17.5 Å². The van der Waals surface area contributed by atoms with E-state index in [4.69, 9.17) is 5.73 Å². The molecule has 0 radical (unpaired) electrons. The lowest BCUT2D eigenvalue weighted by Gasteiger charge is -2.02. The molecule has 0 fully saturated rings. The van der Waals surface area contributed by atoms with Crippen molar-refractivity contribution in [3.63, 3.8) is 0 Å². The van der Waals surface area contributed by atoms with Gasteiger partial charge in [0.2, 0.25) is 0 Å². The van der Waals surface area contributed by atoms with Crippen LogP contribution in [0.15, 0.2) is 5.10 Å². The van der Waals surface area contributed by atoms with E-state index in [-0.39, 0.29) is 0 Å². The summed E-state index contributed by atoms with van der Waals surface area (Å²) in [5, 5.41) is 3.87. The molecule has 100 valence electrons. The minimum Gasteiger partial charge on any atom is -0.365 e. The molecule has 0 bridgehead atoms. The van der Waals surface area contributed by atoms with Crippen molar-refractivity contribution < 1.29 is 4.79 Å². The Morgan fingerprint density at radius 3 is 2.12 bits per heavy atom. The van der Waals surface area contributed by atoms with E-state index in [0.29, 0.717) is 5.71 Å². The first-order valence-corrected chi connectivity index (χ1v) is 6.75. The molecule has 0 heterocycles. The number of nitrogens with one attached hydrogen (secondary N) is 1. The summed E-state index contributed by atoms with van der Waals surface area (Å²) in [4.78, 5) is 10.6. The summed E-state index contributed by atoms with van der Waals surface area (Å²) in [7, 11) is 0. The molecular weight excluding hydrogens is 214 g/mol. The molecule has 0 rings (SSSR count). The number of hydrogen-bond acceptors (Lipinski definition) is 3. The van der Waals surface area contributed by atoms with Crippen LogP contribution < -0.4 is 11.2 Å². The molecule has 0 aliphatic heterocycles. The number of hydrazone groups is 1. The van der Waals surface area contributed by atoms with Gasteiger partial charge in [0.1, 0.15) is 5.71 Å². The molecule has 0 saturated heterocycles. The van der Waals surface area contributed by atoms with Crippen LogP contribution in [0.1, 0.15) is 65.2 Å². The first-order valence-electron chi connectivity index (χ1n) is 6.75. The van der Waals surface area contributed by atoms with E-state index in [1.54, 1.807) is 6.92 Å². The standard InChI is InChI=1S/C13H27N3O/c1-3-4-5-6-7-8-9-10-11-15-16-12(2)13(14)17/h15H,3-11H2,1-2H3,(H2,14,17)/b16-12-. The second-order valence-corrected chi connectivity index (χ2v) is 4.44. The minimum atomic E-state index is -0.464. The third-order valence-corrected chi connectivity index (χ3v) is 2.75. The van der Waals surface area contributed by atoms with Gasteiger partial charge in [0.25, 0.3) is 5.91 Å². The highest BCUT2D eigenvalue weighted by Crippen LogP contribution is 2.07. The summed E-state index contributed by atoms with van der Waals surface area (Å²) < 4.78 is 0. The van der Waals surface area contributed by atoms with E-state index in [9.17, 15) is 4.79 Å². The van der Waals surface area contributed by atoms with Crippen LogP contribution in [0.4, 0.5) is 0 Å². The van der Waals surface area contributed by atoms with Crippen LogP contribution in [-0.4, -0.2) is 18.2 Å². The molecule has 0 aromatic heterocycles. The molecule has 17 heavy (non-hydrogen) atoms. The number of carbonyl (C=O) groups excluding carboxylic acids is 1. The second-order valence-electron chi connectivity index (χ2n) is 4.44. The topological polar surface area (TPSA) is 67.5 Å². The summed E-state index contributed by atoms with van der Waals surface area (Å²) in [6.45, 7) is 4.67. The molecule has 0 aliphatic rings. The van der Waals surface area contributed by atoms with E-state index in [1.165, 1.54) is 44.9 Å². The van der Waals surface area contributed by atoms with Gasteiger partial charge in [-0.1, -0.05) is 51.9 Å². The number of carbonyl (C=O) groups is 1. The van der Waals surface area contributed by atoms with Crippen molar-refractivity contribution in [2.75, 3.05) is 6.54 Å². The number of amides is 1. The maximum atomic E-state index is 10.6. The van der Waals surface area contributed by atoms with Gasteiger partial charge >= 0.3 is 0 Å². The Morgan fingerprint density at radius 2 is 1.59 bits per heavy atom. The Morgan fingerprint density at radius 1 is 1.06 bits per heavy atom. The van der Waals surface area contributed by atoms with E-state index >= 15 is 0 Å². The van der Waals surface area contributed by atoms with Crippen LogP contribution in [0.3, 0.4) is 0 Å². The van der Waals surface area contributed by atoms with Gasteiger partial charge in [-0.2, -0.15) is 5.10 Å². The monoisotopic (exact) mass is 241 g/mol. The predicted molar refractivity (Wildman–Crippen MR) is 72.9 cm³/mol. The Kier molecular flexibility index (Phi) is 10.7. The van der Waals surface area contributed by atoms with E-state index < -0.39 is 5.91 Å². The Labute approximate surface area is 105 Å². The van der Waals surface area contributed by atoms with Crippen LogP contribution in [0.5, 0.6) is 0 Å². The van der Waals surface area contributed by atoms with Gasteiger partial charge in [-0.15, -0.1) is 0 Å². The van der Waals surface area contributed by atoms with Crippen molar-refractivity contribution in [3.05, 3.63) is 0 Å². The van der Waals surface area contributed by atoms with Gasteiger partial charge in [-0.05, 0) is 13.3 Å². The number of unbranched alkanes of at least 4 members (excludes halogenated alkanes) is 7. The normalized spacial score (nSPS) is 11.5. The quantitative estimate of drug-likeness (QED) is 0.332. The van der Waals surface area contributed by atoms with Crippen molar-refractivity contribution in [1.82, 2.24) is 5.43 Å². The zero-order valence-electron chi connectivity index (χ0n) is 11.3. The lowest BCUT2D eigenvalue weighted by atomic mass is 10.1. The lowest BCUT2D eigenvalue weighted by molar-refractivity contribution is -0.112. The maximum Gasteiger partial charge on any atom is 0.264 e. The van der Waals surface area contributed by atoms with Crippen molar-refractivity contribution in [3.8, 4) is 0 Å². The average Bonchev–Trinajstić information content (AvgIpc) is 2.31. The van der Waals surface area contributed by atoms with Gasteiger partial charge in [0.05, 0.1) is 0 Å². The number of nitrogens with zero attached hydrogens (tertiary/aromatic N) is 1. The molecule has 0 aliphatic carbocycles. The summed E-state index contributed by atoms with van der Waals surface area (Å²) in [5.74, 6) is -0.464. The summed E-state index contributed by atoms with van der Waals surface area (Å²) in [6.07, 6.45) is 10.4. The van der Waals surface area contributed by atoms with Crippen LogP contribution in [-0.2, 0) is 4.79 Å².